The predicted octanol–water partition coefficient (Wildman–Crippen LogP) is 5.89. The first-order valence-corrected chi connectivity index (χ1v) is 14.4. The molecule has 1 amide bonds. The second-order valence-electron chi connectivity index (χ2n) is 11.4. The number of likely N-dealkylation sites (tertiary alicyclic amines) is 1. The van der Waals surface area contributed by atoms with Crippen molar-refractivity contribution in [3.8, 4) is 0 Å². The van der Waals surface area contributed by atoms with Gasteiger partial charge in [0.1, 0.15) is 5.78 Å². The summed E-state index contributed by atoms with van der Waals surface area (Å²) in [6, 6.07) is 5.49. The number of aromatic nitrogens is 1. The van der Waals surface area contributed by atoms with Gasteiger partial charge in [0.25, 0.3) is 0 Å². The Kier molecular flexibility index (Phi) is 9.12. The van der Waals surface area contributed by atoms with Crippen LogP contribution in [0, 0.1) is 17.8 Å². The van der Waals surface area contributed by atoms with Crippen molar-refractivity contribution in [2.45, 2.75) is 90.8 Å². The molecule has 3 atom stereocenters. The third-order valence-corrected chi connectivity index (χ3v) is 8.81. The number of benzene rings is 1. The summed E-state index contributed by atoms with van der Waals surface area (Å²) in [5.74, 6) is 0.274. The highest BCUT2D eigenvalue weighted by atomic mass is 35.5. The summed E-state index contributed by atoms with van der Waals surface area (Å²) in [7, 11) is 1.80. The molecule has 7 heteroatoms. The average Bonchev–Trinajstić information content (AvgIpc) is 3.50. The van der Waals surface area contributed by atoms with Crippen LogP contribution in [0.2, 0.25) is 5.02 Å². The molecule has 0 bridgehead atoms. The number of hydrogen-bond acceptors (Lipinski definition) is 4. The number of hydrogen-bond donors (Lipinski definition) is 1. The normalized spacial score (nSPS) is 20.5. The molecule has 0 spiro atoms. The van der Waals surface area contributed by atoms with Crippen LogP contribution < -0.4 is 5.32 Å². The molecule has 1 aliphatic carbocycles. The lowest BCUT2D eigenvalue weighted by Crippen LogP contribution is -2.45. The van der Waals surface area contributed by atoms with E-state index in [1.165, 1.54) is 6.42 Å². The van der Waals surface area contributed by atoms with Crippen LogP contribution in [0.5, 0.6) is 0 Å². The Bertz CT molecular complexity index is 1130. The summed E-state index contributed by atoms with van der Waals surface area (Å²) in [4.78, 5) is 42.0. The van der Waals surface area contributed by atoms with E-state index in [1.54, 1.807) is 7.05 Å². The van der Waals surface area contributed by atoms with Crippen LogP contribution in [0.25, 0.3) is 10.9 Å². The van der Waals surface area contributed by atoms with Crippen molar-refractivity contribution in [2.75, 3.05) is 13.6 Å². The number of halogens is 1. The van der Waals surface area contributed by atoms with Gasteiger partial charge in [-0.15, -0.1) is 0 Å². The molecule has 1 aromatic carbocycles. The molecule has 0 unspecified atom stereocenters. The van der Waals surface area contributed by atoms with Crippen molar-refractivity contribution >= 4 is 40.0 Å². The number of carbonyl (C=O) groups excluding carboxylic acids is 3. The molecule has 1 saturated heterocycles. The fourth-order valence-electron chi connectivity index (χ4n) is 6.23. The van der Waals surface area contributed by atoms with Gasteiger partial charge in [-0.05, 0) is 63.8 Å². The highest BCUT2D eigenvalue weighted by Crippen LogP contribution is 2.36. The number of carbonyl (C=O) groups is 3. The third-order valence-electron chi connectivity index (χ3n) is 8.57. The number of amides is 1. The molecule has 2 aliphatic rings. The molecule has 2 heterocycles. The Hall–Kier alpha value is -2.18. The molecule has 2 fully saturated rings. The van der Waals surface area contributed by atoms with Gasteiger partial charge in [-0.3, -0.25) is 14.4 Å². The van der Waals surface area contributed by atoms with Crippen LogP contribution in [-0.2, 0) is 16.1 Å². The summed E-state index contributed by atoms with van der Waals surface area (Å²) in [6.45, 7) is 7.06. The molecular weight excluding hydrogens is 486 g/mol. The monoisotopic (exact) mass is 527 g/mol. The number of Topliss-reactive ketones (excluding diaryl/α,β-unsaturated/α-hetero) is 2. The quantitative estimate of drug-likeness (QED) is 0.391. The zero-order chi connectivity index (χ0) is 26.7. The van der Waals surface area contributed by atoms with Crippen molar-refractivity contribution in [1.82, 2.24) is 14.8 Å². The fraction of sp³-hybridized carbons (Fsp3) is 0.633. The maximum Gasteiger partial charge on any atom is 0.226 e. The maximum atomic E-state index is 14.1. The van der Waals surface area contributed by atoms with Gasteiger partial charge in [-0.1, -0.05) is 44.7 Å². The summed E-state index contributed by atoms with van der Waals surface area (Å²) < 4.78 is 2.13. The van der Waals surface area contributed by atoms with Gasteiger partial charge in [-0.2, -0.15) is 0 Å². The molecule has 202 valence electrons. The Morgan fingerprint density at radius 1 is 1.05 bits per heavy atom. The summed E-state index contributed by atoms with van der Waals surface area (Å²) in [6.07, 6.45) is 9.68. The Morgan fingerprint density at radius 3 is 2.46 bits per heavy atom. The van der Waals surface area contributed by atoms with E-state index in [9.17, 15) is 14.4 Å². The van der Waals surface area contributed by atoms with Crippen LogP contribution in [-0.4, -0.2) is 52.6 Å². The average molecular weight is 528 g/mol. The number of nitrogens with one attached hydrogen (secondary N) is 1. The van der Waals surface area contributed by atoms with E-state index in [-0.39, 0.29) is 47.3 Å². The topological polar surface area (TPSA) is 71.4 Å². The Balaban J connectivity index is 1.60. The highest BCUT2D eigenvalue weighted by Gasteiger charge is 2.39. The zero-order valence-corrected chi connectivity index (χ0v) is 23.5. The van der Waals surface area contributed by atoms with Gasteiger partial charge in [0, 0.05) is 65.1 Å². The zero-order valence-electron chi connectivity index (χ0n) is 22.8. The van der Waals surface area contributed by atoms with E-state index in [0.717, 1.165) is 56.0 Å². The third kappa shape index (κ3) is 6.12. The lowest BCUT2D eigenvalue weighted by Gasteiger charge is -2.35. The molecule has 4 rings (SSSR count). The standard InChI is InChI=1S/C30H42ClN3O3/c1-19(2)29(36)26-18-33(27-13-12-22(31)15-25(26)27)17-23-11-8-14-34(23)30(37)24(16-28(35)20(3)32-4)21-9-6-5-7-10-21/h12-13,15,18-21,23-24,32H,5-11,14,16-17H2,1-4H3/t20-,23-,24-/m0/s1. The van der Waals surface area contributed by atoms with Gasteiger partial charge in [-0.25, -0.2) is 0 Å². The molecule has 6 nitrogen and oxygen atoms in total. The summed E-state index contributed by atoms with van der Waals surface area (Å²) in [5, 5.41) is 4.53. The van der Waals surface area contributed by atoms with E-state index >= 15 is 0 Å². The number of likely N-dealkylation sites (N-methyl/N-ethyl adjacent to an activating group) is 1. The van der Waals surface area contributed by atoms with Gasteiger partial charge in [0.15, 0.2) is 5.78 Å². The molecule has 1 N–H and O–H groups in total. The number of nitrogens with zero attached hydrogens (tertiary/aromatic N) is 2. The number of ketones is 2. The van der Waals surface area contributed by atoms with Crippen LogP contribution in [0.3, 0.4) is 0 Å². The first-order chi connectivity index (χ1) is 17.7. The van der Waals surface area contributed by atoms with Crippen molar-refractivity contribution < 1.29 is 14.4 Å². The van der Waals surface area contributed by atoms with Crippen LogP contribution >= 0.6 is 11.6 Å². The van der Waals surface area contributed by atoms with E-state index in [1.807, 2.05) is 50.1 Å². The smallest absolute Gasteiger partial charge is 0.226 e. The first-order valence-electron chi connectivity index (χ1n) is 14.0. The SMILES string of the molecule is CN[C@@H](C)C(=O)C[C@H](C(=O)N1CCC[C@H]1Cn1cc(C(=O)C(C)C)c2cc(Cl)ccc21)C1CCCCC1. The van der Waals surface area contributed by atoms with Crippen LogP contribution in [0.1, 0.15) is 82.5 Å². The van der Waals surface area contributed by atoms with E-state index in [2.05, 4.69) is 9.88 Å². The van der Waals surface area contributed by atoms with Gasteiger partial charge >= 0.3 is 0 Å². The lowest BCUT2D eigenvalue weighted by molar-refractivity contribution is -0.141. The Morgan fingerprint density at radius 2 is 1.78 bits per heavy atom. The maximum absolute atomic E-state index is 14.1. The second-order valence-corrected chi connectivity index (χ2v) is 11.8. The van der Waals surface area contributed by atoms with Gasteiger partial charge < -0.3 is 14.8 Å². The van der Waals surface area contributed by atoms with E-state index in [4.69, 9.17) is 11.6 Å². The minimum atomic E-state index is -0.248. The first kappa shape index (κ1) is 27.8. The van der Waals surface area contributed by atoms with Crippen LogP contribution in [0.15, 0.2) is 24.4 Å². The highest BCUT2D eigenvalue weighted by molar-refractivity contribution is 6.31. The van der Waals surface area contributed by atoms with Crippen molar-refractivity contribution in [1.29, 1.82) is 0 Å². The largest absolute Gasteiger partial charge is 0.345 e. The Labute approximate surface area is 226 Å². The van der Waals surface area contributed by atoms with Crippen LogP contribution in [0.4, 0.5) is 0 Å². The minimum Gasteiger partial charge on any atom is -0.345 e. The van der Waals surface area contributed by atoms with Crippen molar-refractivity contribution in [3.05, 3.63) is 35.0 Å². The van der Waals surface area contributed by atoms with Gasteiger partial charge in [0.2, 0.25) is 5.91 Å². The molecule has 1 saturated carbocycles. The van der Waals surface area contributed by atoms with Gasteiger partial charge in [0.05, 0.1) is 6.04 Å². The number of rotatable bonds is 10. The molecule has 1 aromatic heterocycles. The lowest BCUT2D eigenvalue weighted by atomic mass is 9.76. The van der Waals surface area contributed by atoms with Crippen molar-refractivity contribution in [2.24, 2.45) is 17.8 Å². The molecule has 0 radical (unpaired) electrons. The fourth-order valence-corrected chi connectivity index (χ4v) is 6.40. The molecule has 37 heavy (non-hydrogen) atoms. The number of fused-ring (bicyclic) bond motifs is 1. The van der Waals surface area contributed by atoms with Crippen molar-refractivity contribution in [3.63, 3.8) is 0 Å². The predicted molar refractivity (Wildman–Crippen MR) is 149 cm³/mol. The summed E-state index contributed by atoms with van der Waals surface area (Å²) in [5.41, 5.74) is 1.66. The molecule has 2 aromatic rings. The summed E-state index contributed by atoms with van der Waals surface area (Å²) >= 11 is 6.30. The van der Waals surface area contributed by atoms with E-state index in [0.29, 0.717) is 23.6 Å². The molecular formula is C30H42ClN3O3. The van der Waals surface area contributed by atoms with E-state index < -0.39 is 0 Å². The molecule has 1 aliphatic heterocycles. The second kappa shape index (κ2) is 12.1. The minimum absolute atomic E-state index is 0.0451.